The van der Waals surface area contributed by atoms with Crippen LogP contribution in [0.3, 0.4) is 0 Å². The van der Waals surface area contributed by atoms with E-state index < -0.39 is 0 Å². The number of hydrogen-bond donors (Lipinski definition) is 2. The van der Waals surface area contributed by atoms with Gasteiger partial charge < -0.3 is 11.1 Å². The number of amides is 2. The molecule has 3 N–H and O–H groups in total. The molecule has 13 heavy (non-hydrogen) atoms. The number of carbonyl (C=O) groups excluding carboxylic acids is 1. The molecule has 0 saturated carbocycles. The number of rotatable bonds is 4. The molecule has 0 spiro atoms. The maximum atomic E-state index is 11.0. The summed E-state index contributed by atoms with van der Waals surface area (Å²) in [7, 11) is 0. The summed E-state index contributed by atoms with van der Waals surface area (Å²) >= 11 is 0. The third kappa shape index (κ3) is 1.82. The number of nitrogens with zero attached hydrogens (tertiary/aromatic N) is 1. The van der Waals surface area contributed by atoms with Crippen LogP contribution in [-0.4, -0.2) is 17.4 Å². The smallest absolute Gasteiger partial charge is 0.343 e. The van der Waals surface area contributed by atoms with Crippen LogP contribution in [0.2, 0.25) is 0 Å². The molecule has 4 heteroatoms. The van der Waals surface area contributed by atoms with Crippen molar-refractivity contribution in [2.24, 2.45) is 10.7 Å². The first-order chi connectivity index (χ1) is 6.14. The zero-order valence-corrected chi connectivity index (χ0v) is 8.26. The fourth-order valence-electron chi connectivity index (χ4n) is 1.87. The van der Waals surface area contributed by atoms with Crippen molar-refractivity contribution in [3.05, 3.63) is 0 Å². The second-order valence-electron chi connectivity index (χ2n) is 3.51. The monoisotopic (exact) mass is 183 g/mol. The van der Waals surface area contributed by atoms with Crippen LogP contribution >= 0.6 is 0 Å². The zero-order valence-electron chi connectivity index (χ0n) is 8.26. The number of amidine groups is 1. The fraction of sp³-hybridized carbons (Fsp3) is 0.778. The summed E-state index contributed by atoms with van der Waals surface area (Å²) in [5.74, 6) is 0.459. The van der Waals surface area contributed by atoms with E-state index in [2.05, 4.69) is 24.2 Å². The summed E-state index contributed by atoms with van der Waals surface area (Å²) < 4.78 is 0. The van der Waals surface area contributed by atoms with Crippen LogP contribution < -0.4 is 11.1 Å². The molecule has 0 aromatic rings. The first-order valence-corrected chi connectivity index (χ1v) is 4.81. The van der Waals surface area contributed by atoms with E-state index in [0.29, 0.717) is 5.84 Å². The van der Waals surface area contributed by atoms with Gasteiger partial charge in [-0.2, -0.15) is 4.99 Å². The van der Waals surface area contributed by atoms with Gasteiger partial charge in [0.1, 0.15) is 5.84 Å². The minimum Gasteiger partial charge on any atom is -0.385 e. The number of carbonyl (C=O) groups is 1. The van der Waals surface area contributed by atoms with Gasteiger partial charge in [-0.1, -0.05) is 26.7 Å². The Balaban J connectivity index is 2.80. The lowest BCUT2D eigenvalue weighted by Crippen LogP contribution is -2.51. The normalized spacial score (nSPS) is 19.8. The SMILES string of the molecule is CCCC1(CCC)NC(=O)N=C1N. The first kappa shape index (κ1) is 10.0. The largest absolute Gasteiger partial charge is 0.385 e. The van der Waals surface area contributed by atoms with E-state index in [4.69, 9.17) is 5.73 Å². The molecule has 1 heterocycles. The number of nitrogens with two attached hydrogens (primary N) is 1. The lowest BCUT2D eigenvalue weighted by atomic mass is 9.88. The molecule has 0 radical (unpaired) electrons. The second kappa shape index (κ2) is 3.77. The number of aliphatic imine (C=N–C) groups is 1. The van der Waals surface area contributed by atoms with Crippen LogP contribution in [0.25, 0.3) is 0 Å². The second-order valence-corrected chi connectivity index (χ2v) is 3.51. The average molecular weight is 183 g/mol. The van der Waals surface area contributed by atoms with Gasteiger partial charge in [0, 0.05) is 0 Å². The van der Waals surface area contributed by atoms with Crippen molar-refractivity contribution >= 4 is 11.9 Å². The van der Waals surface area contributed by atoms with Gasteiger partial charge in [-0.05, 0) is 12.8 Å². The third-order valence-corrected chi connectivity index (χ3v) is 2.41. The highest BCUT2D eigenvalue weighted by Gasteiger charge is 2.39. The Kier molecular flexibility index (Phi) is 2.90. The van der Waals surface area contributed by atoms with Gasteiger partial charge in [0.15, 0.2) is 0 Å². The van der Waals surface area contributed by atoms with Crippen molar-refractivity contribution in [2.75, 3.05) is 0 Å². The van der Waals surface area contributed by atoms with Crippen molar-refractivity contribution in [2.45, 2.75) is 45.1 Å². The molecule has 0 unspecified atom stereocenters. The van der Waals surface area contributed by atoms with Gasteiger partial charge in [0.05, 0.1) is 5.54 Å². The maximum absolute atomic E-state index is 11.0. The summed E-state index contributed by atoms with van der Waals surface area (Å²) in [6.07, 6.45) is 3.75. The quantitative estimate of drug-likeness (QED) is 0.691. The minimum atomic E-state index is -0.347. The van der Waals surface area contributed by atoms with Crippen LogP contribution in [0.1, 0.15) is 39.5 Å². The van der Waals surface area contributed by atoms with E-state index in [9.17, 15) is 4.79 Å². The Hall–Kier alpha value is -1.06. The van der Waals surface area contributed by atoms with E-state index in [-0.39, 0.29) is 11.6 Å². The zero-order chi connectivity index (χ0) is 9.90. The standard InChI is InChI=1S/C9H17N3O/c1-3-5-9(6-4-2)7(10)11-8(13)12-9/h3-6H2,1-2H3,(H3,10,11,12,13). The number of nitrogens with one attached hydrogen (secondary N) is 1. The van der Waals surface area contributed by atoms with Crippen LogP contribution in [0, 0.1) is 0 Å². The van der Waals surface area contributed by atoms with Crippen molar-refractivity contribution < 1.29 is 4.79 Å². The molecule has 1 aliphatic rings. The Morgan fingerprint density at radius 2 is 1.92 bits per heavy atom. The molecule has 0 aliphatic carbocycles. The Labute approximate surface area is 78.6 Å². The van der Waals surface area contributed by atoms with Gasteiger partial charge in [-0.3, -0.25) is 0 Å². The molecule has 0 bridgehead atoms. The highest BCUT2D eigenvalue weighted by Crippen LogP contribution is 2.23. The van der Waals surface area contributed by atoms with Crippen molar-refractivity contribution in [3.63, 3.8) is 0 Å². The Bertz CT molecular complexity index is 229. The predicted octanol–water partition coefficient (Wildman–Crippen LogP) is 1.41. The summed E-state index contributed by atoms with van der Waals surface area (Å²) in [5, 5.41) is 2.85. The number of urea groups is 1. The summed E-state index contributed by atoms with van der Waals surface area (Å²) in [5.41, 5.74) is 5.40. The molecule has 2 amide bonds. The predicted molar refractivity (Wildman–Crippen MR) is 52.7 cm³/mol. The lowest BCUT2D eigenvalue weighted by Gasteiger charge is -2.28. The molecule has 0 saturated heterocycles. The highest BCUT2D eigenvalue weighted by molar-refractivity contribution is 6.05. The Morgan fingerprint density at radius 3 is 2.23 bits per heavy atom. The van der Waals surface area contributed by atoms with Gasteiger partial charge in [-0.15, -0.1) is 0 Å². The topological polar surface area (TPSA) is 67.5 Å². The van der Waals surface area contributed by atoms with Crippen molar-refractivity contribution in [3.8, 4) is 0 Å². The highest BCUT2D eigenvalue weighted by atomic mass is 16.2. The molecule has 0 atom stereocenters. The fourth-order valence-corrected chi connectivity index (χ4v) is 1.87. The maximum Gasteiger partial charge on any atom is 0.343 e. The lowest BCUT2D eigenvalue weighted by molar-refractivity contribution is 0.243. The van der Waals surface area contributed by atoms with Crippen molar-refractivity contribution in [1.82, 2.24) is 5.32 Å². The molecular formula is C9H17N3O. The molecule has 1 aliphatic heterocycles. The minimum absolute atomic E-state index is 0.292. The van der Waals surface area contributed by atoms with Crippen LogP contribution in [0.15, 0.2) is 4.99 Å². The third-order valence-electron chi connectivity index (χ3n) is 2.41. The van der Waals surface area contributed by atoms with E-state index in [1.807, 2.05) is 0 Å². The van der Waals surface area contributed by atoms with Gasteiger partial charge in [0.2, 0.25) is 0 Å². The molecule has 4 nitrogen and oxygen atoms in total. The first-order valence-electron chi connectivity index (χ1n) is 4.81. The van der Waals surface area contributed by atoms with E-state index in [1.54, 1.807) is 0 Å². The van der Waals surface area contributed by atoms with Crippen LogP contribution in [0.5, 0.6) is 0 Å². The molecule has 0 aromatic carbocycles. The average Bonchev–Trinajstić information content (AvgIpc) is 2.28. The molecule has 74 valence electrons. The van der Waals surface area contributed by atoms with Gasteiger partial charge in [-0.25, -0.2) is 4.79 Å². The van der Waals surface area contributed by atoms with Crippen molar-refractivity contribution in [1.29, 1.82) is 0 Å². The van der Waals surface area contributed by atoms with Crippen LogP contribution in [0.4, 0.5) is 4.79 Å². The number of hydrogen-bond acceptors (Lipinski definition) is 2. The molecule has 1 rings (SSSR count). The van der Waals surface area contributed by atoms with E-state index in [1.165, 1.54) is 0 Å². The van der Waals surface area contributed by atoms with Crippen LogP contribution in [-0.2, 0) is 0 Å². The summed E-state index contributed by atoms with van der Waals surface area (Å²) in [6, 6.07) is -0.292. The van der Waals surface area contributed by atoms with E-state index in [0.717, 1.165) is 25.7 Å². The van der Waals surface area contributed by atoms with E-state index >= 15 is 0 Å². The Morgan fingerprint density at radius 1 is 1.38 bits per heavy atom. The molecule has 0 aromatic heterocycles. The van der Waals surface area contributed by atoms with Gasteiger partial charge in [0.25, 0.3) is 0 Å². The summed E-state index contributed by atoms with van der Waals surface area (Å²) in [6.45, 7) is 4.16. The molecule has 0 fully saturated rings. The van der Waals surface area contributed by atoms with Gasteiger partial charge >= 0.3 is 6.03 Å². The molecular weight excluding hydrogens is 166 g/mol. The summed E-state index contributed by atoms with van der Waals surface area (Å²) in [4.78, 5) is 14.8.